The fraction of sp³-hybridized carbons (Fsp3) is 0.182. The van der Waals surface area contributed by atoms with Crippen LogP contribution in [0.2, 0.25) is 5.02 Å². The number of anilines is 1. The monoisotopic (exact) mass is 514 g/mol. The molecule has 0 spiro atoms. The molecule has 1 atom stereocenters. The molecule has 0 aliphatic carbocycles. The first-order valence-corrected chi connectivity index (χ1v) is 13.3. The smallest absolute Gasteiger partial charge is 0.294 e. The van der Waals surface area contributed by atoms with Crippen molar-refractivity contribution in [1.29, 1.82) is 0 Å². The lowest BCUT2D eigenvalue weighted by Crippen LogP contribution is -2.24. The van der Waals surface area contributed by atoms with Gasteiger partial charge in [-0.2, -0.15) is 0 Å². The maximum atomic E-state index is 11.6. The van der Waals surface area contributed by atoms with Crippen LogP contribution in [-0.2, 0) is 9.84 Å². The minimum absolute atomic E-state index is 0.205. The van der Waals surface area contributed by atoms with E-state index in [1.807, 2.05) is 24.1 Å². The van der Waals surface area contributed by atoms with Crippen LogP contribution in [0.25, 0.3) is 16.2 Å². The number of nitrogens with zero attached hydrogens (tertiary/aromatic N) is 6. The van der Waals surface area contributed by atoms with Gasteiger partial charge in [-0.3, -0.25) is 0 Å². The Hall–Kier alpha value is -3.28. The molecule has 1 unspecified atom stereocenters. The van der Waals surface area contributed by atoms with E-state index in [2.05, 4.69) is 26.1 Å². The van der Waals surface area contributed by atoms with Crippen molar-refractivity contribution in [3.8, 4) is 16.5 Å². The van der Waals surface area contributed by atoms with Crippen molar-refractivity contribution in [1.82, 2.24) is 24.6 Å². The summed E-state index contributed by atoms with van der Waals surface area (Å²) >= 11 is 7.19. The summed E-state index contributed by atoms with van der Waals surface area (Å²) in [5, 5.41) is 5.48. The number of benzene rings is 1. The number of rotatable bonds is 6. The van der Waals surface area contributed by atoms with Crippen LogP contribution in [0.1, 0.15) is 6.92 Å². The molecule has 0 amide bonds. The Labute approximate surface area is 204 Å². The summed E-state index contributed by atoms with van der Waals surface area (Å²) in [6.45, 7) is 2.58. The molecule has 4 heterocycles. The Kier molecular flexibility index (Phi) is 5.84. The average molecular weight is 515 g/mol. The first kappa shape index (κ1) is 22.5. The second kappa shape index (κ2) is 8.82. The average Bonchev–Trinajstić information content (AvgIpc) is 3.38. The van der Waals surface area contributed by atoms with E-state index in [1.54, 1.807) is 47.4 Å². The standard InChI is InChI=1S/C22H19ClN6O3S2/c1-14(15-7-9-28(10-8-15)20-24-11-17(23)12-25-20)32-22-27-29-13-19(26-21(29)33-22)16-3-5-18(6-4-16)34(2,30)31/h3-9,11-14H,10H2,1-2H3. The maximum absolute atomic E-state index is 11.6. The van der Waals surface area contributed by atoms with Crippen LogP contribution in [0.15, 0.2) is 71.7 Å². The SMILES string of the molecule is CC(Oc1nn2cc(-c3ccc(S(C)(=O)=O)cc3)nc2s1)C1=CCN(c2ncc(Cl)cn2)C=C1. The molecule has 4 aromatic rings. The Morgan fingerprint density at radius 2 is 1.91 bits per heavy atom. The highest BCUT2D eigenvalue weighted by molar-refractivity contribution is 7.90. The summed E-state index contributed by atoms with van der Waals surface area (Å²) in [5.74, 6) is 0.576. The molecule has 0 N–H and O–H groups in total. The third-order valence-electron chi connectivity index (χ3n) is 5.18. The van der Waals surface area contributed by atoms with Crippen molar-refractivity contribution in [3.05, 3.63) is 71.8 Å². The van der Waals surface area contributed by atoms with Gasteiger partial charge in [0.05, 0.1) is 34.2 Å². The van der Waals surface area contributed by atoms with E-state index in [0.29, 0.717) is 33.4 Å². The van der Waals surface area contributed by atoms with Crippen molar-refractivity contribution in [2.75, 3.05) is 17.7 Å². The van der Waals surface area contributed by atoms with Crippen molar-refractivity contribution in [3.63, 3.8) is 0 Å². The number of imidazole rings is 1. The minimum atomic E-state index is -3.24. The number of halogens is 1. The zero-order chi connectivity index (χ0) is 23.9. The quantitative estimate of drug-likeness (QED) is 0.380. The van der Waals surface area contributed by atoms with Crippen LogP contribution < -0.4 is 9.64 Å². The number of fused-ring (bicyclic) bond motifs is 1. The summed E-state index contributed by atoms with van der Waals surface area (Å²) in [6, 6.07) is 6.63. The maximum Gasteiger partial charge on any atom is 0.294 e. The van der Waals surface area contributed by atoms with Gasteiger partial charge in [-0.15, -0.1) is 5.10 Å². The van der Waals surface area contributed by atoms with E-state index >= 15 is 0 Å². The molecule has 0 saturated carbocycles. The molecule has 0 fully saturated rings. The molecule has 174 valence electrons. The van der Waals surface area contributed by atoms with Crippen LogP contribution >= 0.6 is 22.9 Å². The summed E-state index contributed by atoms with van der Waals surface area (Å²) in [4.78, 5) is 15.9. The molecular formula is C22H19ClN6O3S2. The van der Waals surface area contributed by atoms with Gasteiger partial charge in [0.2, 0.25) is 10.9 Å². The first-order valence-electron chi connectivity index (χ1n) is 10.2. The number of ether oxygens (including phenoxy) is 1. The van der Waals surface area contributed by atoms with E-state index in [9.17, 15) is 8.42 Å². The molecule has 0 bridgehead atoms. The number of sulfone groups is 1. The highest BCUT2D eigenvalue weighted by atomic mass is 35.5. The molecule has 9 nitrogen and oxygen atoms in total. The fourth-order valence-electron chi connectivity index (χ4n) is 3.37. The van der Waals surface area contributed by atoms with Crippen molar-refractivity contribution in [2.24, 2.45) is 0 Å². The molecule has 1 aromatic carbocycles. The van der Waals surface area contributed by atoms with Crippen LogP contribution in [0.4, 0.5) is 5.95 Å². The molecule has 12 heteroatoms. The van der Waals surface area contributed by atoms with Crippen molar-refractivity contribution >= 4 is 43.7 Å². The van der Waals surface area contributed by atoms with Gasteiger partial charge in [-0.05, 0) is 42.0 Å². The minimum Gasteiger partial charge on any atom is -0.461 e. The van der Waals surface area contributed by atoms with E-state index in [0.717, 1.165) is 11.1 Å². The highest BCUT2D eigenvalue weighted by Crippen LogP contribution is 2.28. The van der Waals surface area contributed by atoms with Gasteiger partial charge in [0.1, 0.15) is 6.10 Å². The number of aromatic nitrogens is 5. The zero-order valence-corrected chi connectivity index (χ0v) is 20.5. The van der Waals surface area contributed by atoms with Gasteiger partial charge in [-0.1, -0.05) is 29.8 Å². The van der Waals surface area contributed by atoms with E-state index < -0.39 is 9.84 Å². The normalized spacial score (nSPS) is 14.9. The summed E-state index contributed by atoms with van der Waals surface area (Å²) in [7, 11) is -3.24. The molecule has 1 aliphatic heterocycles. The highest BCUT2D eigenvalue weighted by Gasteiger charge is 2.18. The van der Waals surface area contributed by atoms with Gasteiger partial charge >= 0.3 is 0 Å². The number of hydrogen-bond donors (Lipinski definition) is 0. The van der Waals surface area contributed by atoms with Crippen molar-refractivity contribution in [2.45, 2.75) is 17.9 Å². The summed E-state index contributed by atoms with van der Waals surface area (Å²) in [5.41, 5.74) is 2.54. The molecule has 3 aromatic heterocycles. The fourth-order valence-corrected chi connectivity index (χ4v) is 4.91. The third-order valence-corrected chi connectivity index (χ3v) is 7.32. The Morgan fingerprint density at radius 3 is 2.53 bits per heavy atom. The lowest BCUT2D eigenvalue weighted by molar-refractivity contribution is 0.256. The molecule has 5 rings (SSSR count). The molecule has 1 aliphatic rings. The molecule has 0 radical (unpaired) electrons. The van der Waals surface area contributed by atoms with Crippen LogP contribution in [0.5, 0.6) is 5.19 Å². The van der Waals surface area contributed by atoms with Gasteiger partial charge in [0.25, 0.3) is 5.19 Å². The topological polar surface area (TPSA) is 103 Å². The van der Waals surface area contributed by atoms with Crippen molar-refractivity contribution < 1.29 is 13.2 Å². The molecule has 0 saturated heterocycles. The van der Waals surface area contributed by atoms with E-state index in [-0.39, 0.29) is 11.0 Å². The lowest BCUT2D eigenvalue weighted by Gasteiger charge is -2.22. The molecule has 34 heavy (non-hydrogen) atoms. The number of hydrogen-bond acceptors (Lipinski definition) is 9. The van der Waals surface area contributed by atoms with E-state index in [1.165, 1.54) is 17.6 Å². The summed E-state index contributed by atoms with van der Waals surface area (Å²) < 4.78 is 31.0. The van der Waals surface area contributed by atoms with Crippen LogP contribution in [0, 0.1) is 0 Å². The van der Waals surface area contributed by atoms with Gasteiger partial charge in [0.15, 0.2) is 9.84 Å². The first-order chi connectivity index (χ1) is 16.3. The van der Waals surface area contributed by atoms with Gasteiger partial charge in [-0.25, -0.2) is 27.9 Å². The van der Waals surface area contributed by atoms with Gasteiger partial charge < -0.3 is 9.64 Å². The second-order valence-corrected chi connectivity index (χ2v) is 11.0. The molecular weight excluding hydrogens is 496 g/mol. The predicted octanol–water partition coefficient (Wildman–Crippen LogP) is 4.03. The Balaban J connectivity index is 1.25. The summed E-state index contributed by atoms with van der Waals surface area (Å²) in [6.07, 6.45) is 11.8. The lowest BCUT2D eigenvalue weighted by atomic mass is 10.1. The Bertz CT molecular complexity index is 1480. The van der Waals surface area contributed by atoms with Crippen LogP contribution in [0.3, 0.4) is 0 Å². The van der Waals surface area contributed by atoms with Crippen LogP contribution in [-0.4, -0.2) is 51.9 Å². The third kappa shape index (κ3) is 4.67. The predicted molar refractivity (Wildman–Crippen MR) is 131 cm³/mol. The zero-order valence-electron chi connectivity index (χ0n) is 18.2. The Morgan fingerprint density at radius 1 is 1.18 bits per heavy atom. The van der Waals surface area contributed by atoms with Gasteiger partial charge in [0, 0.05) is 24.6 Å². The largest absolute Gasteiger partial charge is 0.461 e. The van der Waals surface area contributed by atoms with E-state index in [4.69, 9.17) is 16.3 Å². The second-order valence-electron chi connectivity index (χ2n) is 7.65.